The summed E-state index contributed by atoms with van der Waals surface area (Å²) in [6.07, 6.45) is 2.96. The third kappa shape index (κ3) is 2.86. The summed E-state index contributed by atoms with van der Waals surface area (Å²) in [6, 6.07) is 1.53. The van der Waals surface area contributed by atoms with Gasteiger partial charge in [-0.05, 0) is 12.1 Å². The maximum atomic E-state index is 13.2. The van der Waals surface area contributed by atoms with Gasteiger partial charge in [-0.1, -0.05) is 28.1 Å². The van der Waals surface area contributed by atoms with E-state index in [1.807, 2.05) is 0 Å². The molecule has 0 saturated carbocycles. The standard InChI is InChI=1S/C10H7BrF2O2/c11-3-1-2-6-4-9(13)7(10(14)15)5-8(6)12/h1-2,4-5H,3H2,(H,14,15). The van der Waals surface area contributed by atoms with Gasteiger partial charge in [0, 0.05) is 10.9 Å². The van der Waals surface area contributed by atoms with Gasteiger partial charge in [-0.15, -0.1) is 0 Å². The number of benzene rings is 1. The van der Waals surface area contributed by atoms with Crippen molar-refractivity contribution in [3.63, 3.8) is 0 Å². The van der Waals surface area contributed by atoms with Gasteiger partial charge in [0.1, 0.15) is 11.6 Å². The number of allylic oxidation sites excluding steroid dienone is 1. The lowest BCUT2D eigenvalue weighted by molar-refractivity contribution is 0.0691. The number of rotatable bonds is 3. The van der Waals surface area contributed by atoms with E-state index in [4.69, 9.17) is 5.11 Å². The van der Waals surface area contributed by atoms with Crippen LogP contribution < -0.4 is 0 Å². The molecule has 15 heavy (non-hydrogen) atoms. The van der Waals surface area contributed by atoms with Crippen molar-refractivity contribution in [3.8, 4) is 0 Å². The van der Waals surface area contributed by atoms with Gasteiger partial charge < -0.3 is 5.11 Å². The lowest BCUT2D eigenvalue weighted by atomic mass is 10.1. The van der Waals surface area contributed by atoms with Crippen LogP contribution in [-0.2, 0) is 0 Å². The summed E-state index contributed by atoms with van der Waals surface area (Å²) in [6.45, 7) is 0. The highest BCUT2D eigenvalue weighted by atomic mass is 79.9. The molecular formula is C10H7BrF2O2. The molecule has 0 radical (unpaired) electrons. The molecule has 0 saturated heterocycles. The average molecular weight is 277 g/mol. The topological polar surface area (TPSA) is 37.3 Å². The van der Waals surface area contributed by atoms with E-state index in [0.29, 0.717) is 11.4 Å². The van der Waals surface area contributed by atoms with Crippen LogP contribution in [0.15, 0.2) is 18.2 Å². The van der Waals surface area contributed by atoms with Gasteiger partial charge in [0.15, 0.2) is 0 Å². The normalized spacial score (nSPS) is 10.9. The highest BCUT2D eigenvalue weighted by Crippen LogP contribution is 2.16. The van der Waals surface area contributed by atoms with Crippen LogP contribution in [0.5, 0.6) is 0 Å². The highest BCUT2D eigenvalue weighted by Gasteiger charge is 2.13. The molecule has 0 aliphatic carbocycles. The highest BCUT2D eigenvalue weighted by molar-refractivity contribution is 9.09. The molecule has 1 N–H and O–H groups in total. The molecule has 0 unspecified atom stereocenters. The Hall–Kier alpha value is -1.23. The Labute approximate surface area is 93.4 Å². The van der Waals surface area contributed by atoms with Gasteiger partial charge in [0.05, 0.1) is 5.56 Å². The van der Waals surface area contributed by atoms with Gasteiger partial charge in [-0.25, -0.2) is 13.6 Å². The zero-order valence-electron chi connectivity index (χ0n) is 7.51. The van der Waals surface area contributed by atoms with Crippen molar-refractivity contribution >= 4 is 28.0 Å². The van der Waals surface area contributed by atoms with Gasteiger partial charge >= 0.3 is 5.97 Å². The maximum absolute atomic E-state index is 13.2. The van der Waals surface area contributed by atoms with E-state index >= 15 is 0 Å². The fraction of sp³-hybridized carbons (Fsp3) is 0.100. The van der Waals surface area contributed by atoms with Gasteiger partial charge in [0.25, 0.3) is 0 Å². The van der Waals surface area contributed by atoms with E-state index in [1.54, 1.807) is 6.08 Å². The molecule has 0 spiro atoms. The predicted octanol–water partition coefficient (Wildman–Crippen LogP) is 3.07. The monoisotopic (exact) mass is 276 g/mol. The molecule has 0 fully saturated rings. The zero-order valence-corrected chi connectivity index (χ0v) is 9.09. The number of carboxylic acids is 1. The summed E-state index contributed by atoms with van der Waals surface area (Å²) in [4.78, 5) is 10.5. The van der Waals surface area contributed by atoms with Crippen LogP contribution in [0, 0.1) is 11.6 Å². The van der Waals surface area contributed by atoms with E-state index < -0.39 is 23.2 Å². The Balaban J connectivity index is 3.19. The van der Waals surface area contributed by atoms with Crippen LogP contribution >= 0.6 is 15.9 Å². The van der Waals surface area contributed by atoms with Crippen LogP contribution in [0.3, 0.4) is 0 Å². The van der Waals surface area contributed by atoms with Crippen molar-refractivity contribution in [2.45, 2.75) is 0 Å². The summed E-state index contributed by atoms with van der Waals surface area (Å²) in [7, 11) is 0. The fourth-order valence-corrected chi connectivity index (χ4v) is 1.21. The summed E-state index contributed by atoms with van der Waals surface area (Å²) in [5, 5.41) is 9.03. The Kier molecular flexibility index (Phi) is 3.96. The second kappa shape index (κ2) is 5.02. The molecule has 1 aromatic carbocycles. The Morgan fingerprint density at radius 1 is 1.40 bits per heavy atom. The quantitative estimate of drug-likeness (QED) is 0.862. The third-order valence-corrected chi connectivity index (χ3v) is 2.08. The van der Waals surface area contributed by atoms with E-state index in [9.17, 15) is 13.6 Å². The smallest absolute Gasteiger partial charge is 0.338 e. The van der Waals surface area contributed by atoms with E-state index in [0.717, 1.165) is 6.07 Å². The number of carbonyl (C=O) groups is 1. The predicted molar refractivity (Wildman–Crippen MR) is 56.1 cm³/mol. The molecule has 80 valence electrons. The SMILES string of the molecule is O=C(O)c1cc(F)c(C=CCBr)cc1F. The number of alkyl halides is 1. The number of hydrogen-bond donors (Lipinski definition) is 1. The van der Waals surface area contributed by atoms with E-state index in [2.05, 4.69) is 15.9 Å². The van der Waals surface area contributed by atoms with Crippen molar-refractivity contribution in [1.82, 2.24) is 0 Å². The molecule has 0 aromatic heterocycles. The summed E-state index contributed by atoms with van der Waals surface area (Å²) in [5.74, 6) is -3.19. The zero-order chi connectivity index (χ0) is 11.4. The molecular weight excluding hydrogens is 270 g/mol. The van der Waals surface area contributed by atoms with Crippen molar-refractivity contribution in [2.24, 2.45) is 0 Å². The number of halogens is 3. The molecule has 0 aliphatic rings. The maximum Gasteiger partial charge on any atom is 0.338 e. The second-order valence-corrected chi connectivity index (χ2v) is 3.36. The summed E-state index contributed by atoms with van der Waals surface area (Å²) in [5.41, 5.74) is -0.638. The number of hydrogen-bond acceptors (Lipinski definition) is 1. The molecule has 0 amide bonds. The second-order valence-electron chi connectivity index (χ2n) is 2.72. The minimum atomic E-state index is -1.48. The first kappa shape index (κ1) is 11.8. The van der Waals surface area contributed by atoms with Gasteiger partial charge in [-0.2, -0.15) is 0 Å². The van der Waals surface area contributed by atoms with Crippen LogP contribution in [0.25, 0.3) is 6.08 Å². The molecule has 0 aliphatic heterocycles. The van der Waals surface area contributed by atoms with Crippen LogP contribution in [0.2, 0.25) is 0 Å². The summed E-state index contributed by atoms with van der Waals surface area (Å²) < 4.78 is 26.3. The first-order valence-corrected chi connectivity index (χ1v) is 5.13. The lowest BCUT2D eigenvalue weighted by Gasteiger charge is -2.01. The molecule has 0 atom stereocenters. The van der Waals surface area contributed by atoms with Crippen molar-refractivity contribution in [1.29, 1.82) is 0 Å². The largest absolute Gasteiger partial charge is 0.478 e. The molecule has 0 heterocycles. The third-order valence-electron chi connectivity index (χ3n) is 1.70. The number of carboxylic acid groups (broad SMARTS) is 1. The first-order chi connectivity index (χ1) is 7.06. The molecule has 1 aromatic rings. The van der Waals surface area contributed by atoms with Crippen molar-refractivity contribution in [2.75, 3.05) is 5.33 Å². The number of aromatic carboxylic acids is 1. The molecule has 2 nitrogen and oxygen atoms in total. The minimum Gasteiger partial charge on any atom is -0.478 e. The fourth-order valence-electron chi connectivity index (χ4n) is 1.03. The van der Waals surface area contributed by atoms with Crippen molar-refractivity contribution in [3.05, 3.63) is 41.0 Å². The Morgan fingerprint density at radius 2 is 2.07 bits per heavy atom. The average Bonchev–Trinajstić information content (AvgIpc) is 2.18. The van der Waals surface area contributed by atoms with Crippen LogP contribution in [-0.4, -0.2) is 16.4 Å². The molecule has 5 heteroatoms. The lowest BCUT2D eigenvalue weighted by Crippen LogP contribution is -2.02. The van der Waals surface area contributed by atoms with Crippen LogP contribution in [0.4, 0.5) is 8.78 Å². The Bertz CT molecular complexity index is 416. The minimum absolute atomic E-state index is 0.0250. The Morgan fingerprint density at radius 3 is 2.60 bits per heavy atom. The van der Waals surface area contributed by atoms with Gasteiger partial charge in [0.2, 0.25) is 0 Å². The molecule has 1 rings (SSSR count). The van der Waals surface area contributed by atoms with Crippen molar-refractivity contribution < 1.29 is 18.7 Å². The van der Waals surface area contributed by atoms with Crippen LogP contribution in [0.1, 0.15) is 15.9 Å². The van der Waals surface area contributed by atoms with E-state index in [-0.39, 0.29) is 5.56 Å². The summed E-state index contributed by atoms with van der Waals surface area (Å²) >= 11 is 3.09. The molecule has 0 bridgehead atoms. The van der Waals surface area contributed by atoms with Gasteiger partial charge in [-0.3, -0.25) is 0 Å². The van der Waals surface area contributed by atoms with E-state index in [1.165, 1.54) is 6.08 Å². The first-order valence-electron chi connectivity index (χ1n) is 4.01.